The standard InChI is InChI=1S/C32H47N5O5S/c1-19(42-14-22-9-8-20-6-5-7-21(22)10-20)26(28(39)33-4)35-27(38)24-13-36(30(41)25-12-34-18-43-25)15-32(24)16-37(17-32)29(40)23-11-31(23,2)3/h12,18-24,26H,5-11,13-17H2,1-4H3,(H,33,39)(H,35,38)/t19-,20?,21?,22?,23-,24+,26?/m1/s1. The predicted octanol–water partition coefficient (Wildman–Crippen LogP) is 2.94. The van der Waals surface area contributed by atoms with E-state index in [4.69, 9.17) is 4.74 Å². The summed E-state index contributed by atoms with van der Waals surface area (Å²) in [6, 6.07) is -0.853. The summed E-state index contributed by atoms with van der Waals surface area (Å²) < 4.78 is 6.32. The van der Waals surface area contributed by atoms with Crippen LogP contribution in [0.1, 0.15) is 75.4 Å². The van der Waals surface area contributed by atoms with E-state index in [-0.39, 0.29) is 41.5 Å². The van der Waals surface area contributed by atoms with Crippen LogP contribution in [0.4, 0.5) is 0 Å². The molecule has 0 radical (unpaired) electrons. The molecule has 2 saturated heterocycles. The first kappa shape index (κ1) is 30.5. The van der Waals surface area contributed by atoms with Gasteiger partial charge in [-0.2, -0.15) is 0 Å². The highest BCUT2D eigenvalue weighted by atomic mass is 32.1. The number of aromatic nitrogens is 1. The number of amides is 4. The van der Waals surface area contributed by atoms with Gasteiger partial charge in [-0.3, -0.25) is 24.2 Å². The van der Waals surface area contributed by atoms with Gasteiger partial charge in [0.1, 0.15) is 10.9 Å². The van der Waals surface area contributed by atoms with Gasteiger partial charge in [0.2, 0.25) is 17.7 Å². The molecule has 3 heterocycles. The van der Waals surface area contributed by atoms with Crippen LogP contribution in [0.5, 0.6) is 0 Å². The third-order valence-corrected chi connectivity index (χ3v) is 12.1. The zero-order chi connectivity index (χ0) is 30.5. The van der Waals surface area contributed by atoms with Gasteiger partial charge in [0.05, 0.1) is 30.3 Å². The molecule has 1 spiro atoms. The maximum absolute atomic E-state index is 14.0. The van der Waals surface area contributed by atoms with Crippen LogP contribution >= 0.6 is 11.3 Å². The highest BCUT2D eigenvalue weighted by Crippen LogP contribution is 2.54. The monoisotopic (exact) mass is 613 g/mol. The molecule has 7 atom stereocenters. The largest absolute Gasteiger partial charge is 0.376 e. The number of thiazole rings is 1. The van der Waals surface area contributed by atoms with E-state index in [1.165, 1.54) is 49.9 Å². The van der Waals surface area contributed by atoms with E-state index in [0.29, 0.717) is 43.0 Å². The summed E-state index contributed by atoms with van der Waals surface area (Å²) in [6.07, 6.45) is 9.55. The van der Waals surface area contributed by atoms with Crippen molar-refractivity contribution < 1.29 is 23.9 Å². The average Bonchev–Trinajstić information content (AvgIpc) is 3.35. The lowest BCUT2D eigenvalue weighted by atomic mass is 9.67. The van der Waals surface area contributed by atoms with Crippen molar-refractivity contribution in [2.75, 3.05) is 39.8 Å². The SMILES string of the molecule is CNC(=O)C(NC(=O)[C@@H]1CN(C(=O)c2cncs2)CC12CN(C(=O)[C@H]1CC1(C)C)C2)[C@@H](C)OCC1CCC2CCCC1C2. The molecule has 236 valence electrons. The zero-order valence-electron chi connectivity index (χ0n) is 26.0. The molecule has 4 unspecified atom stereocenters. The number of likely N-dealkylation sites (tertiary alicyclic amines) is 2. The summed E-state index contributed by atoms with van der Waals surface area (Å²) in [5.74, 6) is 0.952. The second-order valence-corrected chi connectivity index (χ2v) is 15.6. The van der Waals surface area contributed by atoms with Gasteiger partial charge < -0.3 is 25.2 Å². The van der Waals surface area contributed by atoms with Gasteiger partial charge in [0.25, 0.3) is 5.91 Å². The Hall–Kier alpha value is -2.53. The lowest BCUT2D eigenvalue weighted by Gasteiger charge is -2.50. The smallest absolute Gasteiger partial charge is 0.265 e. The highest BCUT2D eigenvalue weighted by Gasteiger charge is 2.62. The summed E-state index contributed by atoms with van der Waals surface area (Å²) >= 11 is 1.28. The molecule has 2 aliphatic heterocycles. The summed E-state index contributed by atoms with van der Waals surface area (Å²) in [6.45, 7) is 8.16. The molecule has 3 saturated carbocycles. The van der Waals surface area contributed by atoms with Crippen LogP contribution in [0.2, 0.25) is 0 Å². The van der Waals surface area contributed by atoms with E-state index in [0.717, 1.165) is 12.3 Å². The van der Waals surface area contributed by atoms with Gasteiger partial charge in [0, 0.05) is 44.6 Å². The molecule has 43 heavy (non-hydrogen) atoms. The number of rotatable bonds is 9. The van der Waals surface area contributed by atoms with E-state index < -0.39 is 23.5 Å². The van der Waals surface area contributed by atoms with Gasteiger partial charge in [-0.1, -0.05) is 39.5 Å². The summed E-state index contributed by atoms with van der Waals surface area (Å²) in [4.78, 5) is 61.7. The van der Waals surface area contributed by atoms with Crippen molar-refractivity contribution in [3.05, 3.63) is 16.6 Å². The molecule has 4 amide bonds. The van der Waals surface area contributed by atoms with Gasteiger partial charge >= 0.3 is 0 Å². The Bertz CT molecular complexity index is 1230. The third-order valence-electron chi connectivity index (χ3n) is 11.3. The quantitative estimate of drug-likeness (QED) is 0.442. The first-order valence-electron chi connectivity index (χ1n) is 16.1. The van der Waals surface area contributed by atoms with Gasteiger partial charge in [-0.25, -0.2) is 0 Å². The summed E-state index contributed by atoms with van der Waals surface area (Å²) in [5.41, 5.74) is 1.10. The molecule has 3 aliphatic carbocycles. The Labute approximate surface area is 258 Å². The zero-order valence-corrected chi connectivity index (χ0v) is 26.8. The van der Waals surface area contributed by atoms with Crippen LogP contribution in [0, 0.1) is 40.4 Å². The van der Waals surface area contributed by atoms with Crippen LogP contribution in [-0.2, 0) is 19.1 Å². The predicted molar refractivity (Wildman–Crippen MR) is 162 cm³/mol. The van der Waals surface area contributed by atoms with E-state index in [2.05, 4.69) is 29.5 Å². The van der Waals surface area contributed by atoms with Crippen molar-refractivity contribution in [3.8, 4) is 0 Å². The number of fused-ring (bicyclic) bond motifs is 2. The Morgan fingerprint density at radius 2 is 1.84 bits per heavy atom. The molecule has 10 nitrogen and oxygen atoms in total. The number of nitrogens with zero attached hydrogens (tertiary/aromatic N) is 3. The lowest BCUT2D eigenvalue weighted by molar-refractivity contribution is -0.152. The molecule has 2 N–H and O–H groups in total. The highest BCUT2D eigenvalue weighted by molar-refractivity contribution is 7.11. The minimum atomic E-state index is -0.853. The fourth-order valence-electron chi connectivity index (χ4n) is 8.37. The number of ether oxygens (including phenoxy) is 1. The molecule has 5 fully saturated rings. The van der Waals surface area contributed by atoms with Crippen molar-refractivity contribution in [1.82, 2.24) is 25.4 Å². The molecule has 6 rings (SSSR count). The Balaban J connectivity index is 1.13. The number of hydrogen-bond donors (Lipinski definition) is 2. The van der Waals surface area contributed by atoms with Crippen molar-refractivity contribution >= 4 is 35.0 Å². The maximum Gasteiger partial charge on any atom is 0.265 e. The van der Waals surface area contributed by atoms with Gasteiger partial charge in [0.15, 0.2) is 0 Å². The van der Waals surface area contributed by atoms with Crippen molar-refractivity contribution in [3.63, 3.8) is 0 Å². The third kappa shape index (κ3) is 5.95. The molecule has 11 heteroatoms. The summed E-state index contributed by atoms with van der Waals surface area (Å²) in [5, 5.41) is 5.72. The maximum atomic E-state index is 14.0. The Morgan fingerprint density at radius 3 is 2.51 bits per heavy atom. The molecular weight excluding hydrogens is 566 g/mol. The van der Waals surface area contributed by atoms with E-state index in [1.807, 2.05) is 11.8 Å². The molecule has 1 aromatic heterocycles. The first-order chi connectivity index (χ1) is 20.5. The molecular formula is C32H47N5O5S. The number of nitrogens with one attached hydrogen (secondary N) is 2. The first-order valence-corrected chi connectivity index (χ1v) is 17.0. The fraction of sp³-hybridized carbons (Fsp3) is 0.781. The topological polar surface area (TPSA) is 121 Å². The van der Waals surface area contributed by atoms with Crippen LogP contribution in [0.15, 0.2) is 11.7 Å². The lowest BCUT2D eigenvalue weighted by Crippen LogP contribution is -2.65. The second kappa shape index (κ2) is 11.8. The number of carbonyl (C=O) groups excluding carboxylic acids is 4. The van der Waals surface area contributed by atoms with Gasteiger partial charge in [-0.05, 0) is 49.4 Å². The minimum absolute atomic E-state index is 0.0211. The van der Waals surface area contributed by atoms with Crippen molar-refractivity contribution in [2.24, 2.45) is 40.4 Å². The van der Waals surface area contributed by atoms with E-state index in [1.54, 1.807) is 23.7 Å². The number of likely N-dealkylation sites (N-methyl/N-ethyl adjacent to an activating group) is 1. The Morgan fingerprint density at radius 1 is 1.09 bits per heavy atom. The van der Waals surface area contributed by atoms with Crippen molar-refractivity contribution in [2.45, 2.75) is 77.9 Å². The molecule has 1 aromatic rings. The number of carbonyl (C=O) groups is 4. The summed E-state index contributed by atoms with van der Waals surface area (Å²) in [7, 11) is 1.57. The molecule has 2 bridgehead atoms. The molecule has 5 aliphatic rings. The minimum Gasteiger partial charge on any atom is -0.376 e. The second-order valence-electron chi connectivity index (χ2n) is 14.7. The number of hydrogen-bond acceptors (Lipinski definition) is 7. The normalized spacial score (nSPS) is 31.6. The van der Waals surface area contributed by atoms with Crippen LogP contribution in [-0.4, -0.2) is 90.4 Å². The van der Waals surface area contributed by atoms with E-state index in [9.17, 15) is 19.2 Å². The van der Waals surface area contributed by atoms with Crippen LogP contribution in [0.3, 0.4) is 0 Å². The van der Waals surface area contributed by atoms with Crippen LogP contribution in [0.25, 0.3) is 0 Å². The average molecular weight is 614 g/mol. The van der Waals surface area contributed by atoms with E-state index >= 15 is 0 Å². The van der Waals surface area contributed by atoms with Crippen LogP contribution < -0.4 is 10.6 Å². The van der Waals surface area contributed by atoms with Gasteiger partial charge in [-0.15, -0.1) is 11.3 Å². The Kier molecular flexibility index (Phi) is 8.34. The fourth-order valence-corrected chi connectivity index (χ4v) is 8.95. The van der Waals surface area contributed by atoms with Crippen molar-refractivity contribution in [1.29, 1.82) is 0 Å². The molecule has 0 aromatic carbocycles.